The molecule has 0 saturated heterocycles. The molecule has 0 aromatic rings. The molecule has 0 heterocycles. The average molecular weight is 102 g/mol. The predicted octanol–water partition coefficient (Wildman–Crippen LogP) is -1.37. The summed E-state index contributed by atoms with van der Waals surface area (Å²) in [5.41, 5.74) is 9.59. The van der Waals surface area contributed by atoms with Crippen molar-refractivity contribution in [2.75, 3.05) is 13.1 Å². The Hall–Kier alpha value is -0.770. The molecule has 4 N–H and O–H groups in total. The lowest BCUT2D eigenvalue weighted by Gasteiger charge is -1.89. The van der Waals surface area contributed by atoms with Gasteiger partial charge in [-0.2, -0.15) is 0 Å². The molecule has 1 radical (unpaired) electrons. The van der Waals surface area contributed by atoms with Crippen molar-refractivity contribution in [2.45, 2.75) is 0 Å². The van der Waals surface area contributed by atoms with Crippen molar-refractivity contribution in [3.63, 3.8) is 0 Å². The number of carbonyl (C=O) groups excluding carboxylic acids is 1. The van der Waals surface area contributed by atoms with E-state index in [1.54, 1.807) is 0 Å². The van der Waals surface area contributed by atoms with Crippen LogP contribution in [-0.2, 0) is 0 Å². The molecule has 4 nitrogen and oxygen atoms in total. The molecule has 0 aromatic heterocycles. The van der Waals surface area contributed by atoms with E-state index in [1.165, 1.54) is 0 Å². The maximum Gasteiger partial charge on any atom is 0.333 e. The molecular weight excluding hydrogens is 94.1 g/mol. The van der Waals surface area contributed by atoms with Crippen molar-refractivity contribution in [3.8, 4) is 0 Å². The van der Waals surface area contributed by atoms with Crippen LogP contribution in [0.25, 0.3) is 0 Å². The van der Waals surface area contributed by atoms with E-state index >= 15 is 0 Å². The lowest BCUT2D eigenvalue weighted by Crippen LogP contribution is -2.26. The molecule has 0 aliphatic carbocycles. The SMILES string of the molecule is NCC[N]C(N)=O. The molecule has 2 amide bonds. The summed E-state index contributed by atoms with van der Waals surface area (Å²) in [4.78, 5) is 9.76. The zero-order valence-corrected chi connectivity index (χ0v) is 3.92. The van der Waals surface area contributed by atoms with Crippen LogP contribution in [0.2, 0.25) is 0 Å². The highest BCUT2D eigenvalue weighted by atomic mass is 16.2. The topological polar surface area (TPSA) is 83.2 Å². The number of nitrogens with zero attached hydrogens (tertiary/aromatic N) is 1. The Morgan fingerprint density at radius 3 is 2.43 bits per heavy atom. The Bertz CT molecular complexity index is 63.2. The van der Waals surface area contributed by atoms with Crippen LogP contribution in [0.3, 0.4) is 0 Å². The molecule has 0 fully saturated rings. The number of hydrogen-bond donors (Lipinski definition) is 2. The number of hydrogen-bond acceptors (Lipinski definition) is 2. The molecule has 0 rings (SSSR count). The van der Waals surface area contributed by atoms with Crippen LogP contribution in [0.4, 0.5) is 4.79 Å². The van der Waals surface area contributed by atoms with Gasteiger partial charge in [0.15, 0.2) is 0 Å². The molecule has 0 saturated carbocycles. The van der Waals surface area contributed by atoms with Crippen molar-refractivity contribution < 1.29 is 4.79 Å². The van der Waals surface area contributed by atoms with Crippen LogP contribution in [-0.4, -0.2) is 19.1 Å². The van der Waals surface area contributed by atoms with Crippen molar-refractivity contribution in [1.29, 1.82) is 0 Å². The molecule has 7 heavy (non-hydrogen) atoms. The van der Waals surface area contributed by atoms with Gasteiger partial charge >= 0.3 is 6.03 Å². The summed E-state index contributed by atoms with van der Waals surface area (Å²) in [6, 6.07) is -0.648. The van der Waals surface area contributed by atoms with E-state index in [0.29, 0.717) is 13.1 Å². The average Bonchev–Trinajstić information content (AvgIpc) is 1.61. The van der Waals surface area contributed by atoms with Gasteiger partial charge in [-0.3, -0.25) is 0 Å². The van der Waals surface area contributed by atoms with Gasteiger partial charge in [-0.05, 0) is 0 Å². The summed E-state index contributed by atoms with van der Waals surface area (Å²) >= 11 is 0. The molecule has 0 spiro atoms. The Morgan fingerprint density at radius 2 is 2.29 bits per heavy atom. The van der Waals surface area contributed by atoms with E-state index in [9.17, 15) is 4.79 Å². The first kappa shape index (κ1) is 6.23. The quantitative estimate of drug-likeness (QED) is 0.450. The fraction of sp³-hybridized carbons (Fsp3) is 0.667. The molecule has 0 aliphatic rings. The molecule has 0 unspecified atom stereocenters. The van der Waals surface area contributed by atoms with Crippen molar-refractivity contribution >= 4 is 6.03 Å². The normalized spacial score (nSPS) is 8.14. The minimum atomic E-state index is -0.648. The first-order chi connectivity index (χ1) is 3.27. The standard InChI is InChI=1S/C3H8N3O/c4-1-2-6-3(5)7/h1-2,4H2,(H2,5,7). The van der Waals surface area contributed by atoms with Gasteiger partial charge in [0.2, 0.25) is 0 Å². The molecule has 0 atom stereocenters. The summed E-state index contributed by atoms with van der Waals surface area (Å²) in [5.74, 6) is 0. The Labute approximate surface area is 41.9 Å². The molecule has 0 aliphatic heterocycles. The maximum absolute atomic E-state index is 9.76. The summed E-state index contributed by atoms with van der Waals surface area (Å²) in [7, 11) is 0. The van der Waals surface area contributed by atoms with E-state index in [1.807, 2.05) is 0 Å². The molecule has 41 valence electrons. The van der Waals surface area contributed by atoms with Crippen LogP contribution in [0, 0.1) is 0 Å². The maximum atomic E-state index is 9.76. The highest BCUT2D eigenvalue weighted by molar-refractivity contribution is 5.71. The number of primary amides is 1. The highest BCUT2D eigenvalue weighted by Gasteiger charge is 1.87. The van der Waals surface area contributed by atoms with Crippen LogP contribution in [0.15, 0.2) is 0 Å². The summed E-state index contributed by atoms with van der Waals surface area (Å²) in [6.07, 6.45) is 0. The van der Waals surface area contributed by atoms with Gasteiger partial charge in [-0.25, -0.2) is 10.1 Å². The third-order valence-corrected chi connectivity index (χ3v) is 0.397. The minimum Gasteiger partial charge on any atom is -0.350 e. The van der Waals surface area contributed by atoms with Crippen LogP contribution >= 0.6 is 0 Å². The lowest BCUT2D eigenvalue weighted by atomic mass is 10.6. The highest BCUT2D eigenvalue weighted by Crippen LogP contribution is 1.55. The second kappa shape index (κ2) is 3.42. The van der Waals surface area contributed by atoms with E-state index in [4.69, 9.17) is 5.73 Å². The molecule has 4 heteroatoms. The minimum absolute atomic E-state index is 0.329. The third kappa shape index (κ3) is 5.23. The van der Waals surface area contributed by atoms with Crippen molar-refractivity contribution in [3.05, 3.63) is 0 Å². The number of urea groups is 1. The zero-order valence-electron chi connectivity index (χ0n) is 3.92. The van der Waals surface area contributed by atoms with Gasteiger partial charge in [0.1, 0.15) is 0 Å². The number of nitrogens with two attached hydrogens (primary N) is 2. The number of carbonyl (C=O) groups is 1. The van der Waals surface area contributed by atoms with E-state index < -0.39 is 6.03 Å². The van der Waals surface area contributed by atoms with E-state index in [2.05, 4.69) is 11.1 Å². The molecule has 0 bridgehead atoms. The number of rotatable bonds is 2. The lowest BCUT2D eigenvalue weighted by molar-refractivity contribution is 0.248. The van der Waals surface area contributed by atoms with Gasteiger partial charge in [0.05, 0.1) is 6.54 Å². The van der Waals surface area contributed by atoms with Gasteiger partial charge in [-0.15, -0.1) is 0 Å². The zero-order chi connectivity index (χ0) is 5.70. The van der Waals surface area contributed by atoms with Gasteiger partial charge in [0.25, 0.3) is 0 Å². The first-order valence-corrected chi connectivity index (χ1v) is 1.94. The van der Waals surface area contributed by atoms with Crippen LogP contribution in [0.1, 0.15) is 0 Å². The van der Waals surface area contributed by atoms with Crippen LogP contribution < -0.4 is 16.8 Å². The first-order valence-electron chi connectivity index (χ1n) is 1.94. The van der Waals surface area contributed by atoms with E-state index in [0.717, 1.165) is 0 Å². The second-order valence-corrected chi connectivity index (χ2v) is 1.01. The molecular formula is C3H8N3O. The summed E-state index contributed by atoms with van der Waals surface area (Å²) in [6.45, 7) is 0.707. The second-order valence-electron chi connectivity index (χ2n) is 1.01. The smallest absolute Gasteiger partial charge is 0.333 e. The Balaban J connectivity index is 2.82. The monoisotopic (exact) mass is 102 g/mol. The van der Waals surface area contributed by atoms with Crippen molar-refractivity contribution in [2.24, 2.45) is 11.5 Å². The largest absolute Gasteiger partial charge is 0.350 e. The Morgan fingerprint density at radius 1 is 1.71 bits per heavy atom. The third-order valence-electron chi connectivity index (χ3n) is 0.397. The Kier molecular flexibility index (Phi) is 3.04. The van der Waals surface area contributed by atoms with E-state index in [-0.39, 0.29) is 0 Å². The van der Waals surface area contributed by atoms with Crippen LogP contribution in [0.5, 0.6) is 0 Å². The van der Waals surface area contributed by atoms with Gasteiger partial charge < -0.3 is 11.5 Å². The summed E-state index contributed by atoms with van der Waals surface area (Å²) in [5, 5.41) is 3.26. The summed E-state index contributed by atoms with van der Waals surface area (Å²) < 4.78 is 0. The van der Waals surface area contributed by atoms with Crippen molar-refractivity contribution in [1.82, 2.24) is 5.32 Å². The molecule has 0 aromatic carbocycles. The number of amides is 2. The predicted molar refractivity (Wildman–Crippen MR) is 25.6 cm³/mol. The van der Waals surface area contributed by atoms with Gasteiger partial charge in [0, 0.05) is 6.54 Å². The van der Waals surface area contributed by atoms with Gasteiger partial charge in [-0.1, -0.05) is 0 Å². The fourth-order valence-electron chi connectivity index (χ4n) is 0.175. The fourth-order valence-corrected chi connectivity index (χ4v) is 0.175.